The molecule has 0 aliphatic rings. The van der Waals surface area contributed by atoms with E-state index in [1.165, 1.54) is 50.1 Å². The maximum atomic E-state index is 12.4. The van der Waals surface area contributed by atoms with Crippen molar-refractivity contribution >= 4 is 23.7 Å². The Morgan fingerprint density at radius 1 is 0.800 bits per heavy atom. The Labute approximate surface area is 243 Å². The number of methoxy groups -OCH3 is 1. The summed E-state index contributed by atoms with van der Waals surface area (Å²) < 4.78 is 10.0. The normalized spacial score (nSPS) is 12.5. The minimum absolute atomic E-state index is 0.316. The fourth-order valence-corrected chi connectivity index (χ4v) is 6.07. The van der Waals surface area contributed by atoms with Gasteiger partial charge in [0, 0.05) is 5.75 Å². The van der Waals surface area contributed by atoms with Gasteiger partial charge in [-0.05, 0) is 67.0 Å². The number of carbonyl (C=O) groups is 2. The second kappa shape index (κ2) is 17.6. The number of carbonyl (C=O) groups excluding carboxylic acids is 2. The smallest absolute Gasteiger partial charge is 0.338 e. The van der Waals surface area contributed by atoms with Gasteiger partial charge in [0.2, 0.25) is 0 Å². The highest BCUT2D eigenvalue weighted by Crippen LogP contribution is 2.37. The molecule has 0 aliphatic heterocycles. The number of ether oxygens (including phenoxy) is 2. The van der Waals surface area contributed by atoms with E-state index in [1.807, 2.05) is 30.3 Å². The Morgan fingerprint density at radius 2 is 1.45 bits per heavy atom. The molecule has 0 aromatic heterocycles. The summed E-state index contributed by atoms with van der Waals surface area (Å²) in [5, 5.41) is 10.5. The van der Waals surface area contributed by atoms with Gasteiger partial charge in [-0.2, -0.15) is 0 Å². The van der Waals surface area contributed by atoms with Crippen molar-refractivity contribution in [3.05, 3.63) is 107 Å². The van der Waals surface area contributed by atoms with E-state index >= 15 is 0 Å². The second-order valence-electron chi connectivity index (χ2n) is 9.93. The molecular weight excluding hydrogens is 520 g/mol. The molecule has 0 radical (unpaired) electrons. The van der Waals surface area contributed by atoms with Crippen molar-refractivity contribution in [1.29, 1.82) is 0 Å². The quantitative estimate of drug-likeness (QED) is 0.136. The number of aliphatic hydroxyl groups is 1. The van der Waals surface area contributed by atoms with E-state index in [0.717, 1.165) is 42.4 Å². The van der Waals surface area contributed by atoms with Crippen LogP contribution in [-0.2, 0) is 32.9 Å². The lowest BCUT2D eigenvalue weighted by atomic mass is 9.96. The van der Waals surface area contributed by atoms with Gasteiger partial charge in [-0.3, -0.25) is 0 Å². The standard InChI is InChI=1S/C34H42O5S/c1-3-39-33(36)29-22-15-19-27(24-29)25-40-32(31(35)34(37)38-2)30-23-14-13-21-28(30)20-12-7-5-4-6-9-16-26-17-10-8-11-18-26/h8,10-11,13-15,17-19,21-24,31-32,35H,3-7,9,12,16,20,25H2,1-2H3/t31-,32-/m1/s1. The number of aryl methyl sites for hydroxylation is 2. The van der Waals surface area contributed by atoms with Crippen LogP contribution in [0.25, 0.3) is 0 Å². The van der Waals surface area contributed by atoms with Crippen LogP contribution in [0.4, 0.5) is 0 Å². The molecule has 3 aromatic rings. The highest BCUT2D eigenvalue weighted by Gasteiger charge is 2.30. The molecule has 40 heavy (non-hydrogen) atoms. The fraction of sp³-hybridized carbons (Fsp3) is 0.412. The third kappa shape index (κ3) is 10.1. The zero-order valence-corrected chi connectivity index (χ0v) is 24.5. The lowest BCUT2D eigenvalue weighted by molar-refractivity contribution is -0.150. The van der Waals surface area contributed by atoms with Gasteiger partial charge < -0.3 is 14.6 Å². The Balaban J connectivity index is 1.57. The Morgan fingerprint density at radius 3 is 2.17 bits per heavy atom. The summed E-state index contributed by atoms with van der Waals surface area (Å²) in [5.41, 5.74) is 4.92. The van der Waals surface area contributed by atoms with Crippen LogP contribution < -0.4 is 0 Å². The van der Waals surface area contributed by atoms with Gasteiger partial charge in [0.1, 0.15) is 0 Å². The van der Waals surface area contributed by atoms with E-state index in [-0.39, 0.29) is 5.97 Å². The Kier molecular flexibility index (Phi) is 13.8. The van der Waals surface area contributed by atoms with E-state index in [0.29, 0.717) is 17.9 Å². The molecule has 0 saturated carbocycles. The molecule has 2 atom stereocenters. The lowest BCUT2D eigenvalue weighted by Gasteiger charge is -2.24. The van der Waals surface area contributed by atoms with Gasteiger partial charge in [-0.15, -0.1) is 11.8 Å². The Hall–Kier alpha value is -3.09. The first-order valence-corrected chi connectivity index (χ1v) is 15.3. The molecular formula is C34H42O5S. The molecule has 0 fully saturated rings. The first-order valence-electron chi connectivity index (χ1n) is 14.3. The molecule has 0 bridgehead atoms. The summed E-state index contributed by atoms with van der Waals surface area (Å²) in [7, 11) is 1.29. The molecule has 1 N–H and O–H groups in total. The lowest BCUT2D eigenvalue weighted by Crippen LogP contribution is -2.28. The average Bonchev–Trinajstić information content (AvgIpc) is 2.99. The first-order chi connectivity index (χ1) is 19.5. The number of thioether (sulfide) groups is 1. The van der Waals surface area contributed by atoms with Gasteiger partial charge in [0.15, 0.2) is 6.10 Å². The maximum Gasteiger partial charge on any atom is 0.338 e. The summed E-state index contributed by atoms with van der Waals surface area (Å²) in [6.07, 6.45) is 7.85. The van der Waals surface area contributed by atoms with Crippen molar-refractivity contribution in [1.82, 2.24) is 0 Å². The number of esters is 2. The van der Waals surface area contributed by atoms with Crippen molar-refractivity contribution in [3.63, 3.8) is 0 Å². The molecule has 214 valence electrons. The highest BCUT2D eigenvalue weighted by atomic mass is 32.2. The van der Waals surface area contributed by atoms with E-state index in [1.54, 1.807) is 19.1 Å². The molecule has 6 heteroatoms. The van der Waals surface area contributed by atoms with Crippen LogP contribution in [0.15, 0.2) is 78.9 Å². The SMILES string of the molecule is CCOC(=O)c1cccc(CS[C@H](c2ccccc2CCCCCCCCc2ccccc2)[C@@H](O)C(=O)OC)c1. The highest BCUT2D eigenvalue weighted by molar-refractivity contribution is 7.98. The van der Waals surface area contributed by atoms with Gasteiger partial charge in [-0.25, -0.2) is 9.59 Å². The summed E-state index contributed by atoms with van der Waals surface area (Å²) in [4.78, 5) is 24.6. The van der Waals surface area contributed by atoms with Gasteiger partial charge >= 0.3 is 11.9 Å². The van der Waals surface area contributed by atoms with Crippen LogP contribution in [0.1, 0.15) is 83.3 Å². The van der Waals surface area contributed by atoms with Crippen molar-refractivity contribution in [2.24, 2.45) is 0 Å². The van der Waals surface area contributed by atoms with Crippen LogP contribution >= 0.6 is 11.8 Å². The van der Waals surface area contributed by atoms with Gasteiger partial charge in [0.05, 0.1) is 24.5 Å². The third-order valence-corrected chi connectivity index (χ3v) is 8.33. The summed E-state index contributed by atoms with van der Waals surface area (Å²) in [6.45, 7) is 2.09. The third-order valence-electron chi connectivity index (χ3n) is 6.96. The number of unbranched alkanes of at least 4 members (excludes halogenated alkanes) is 5. The second-order valence-corrected chi connectivity index (χ2v) is 11.1. The zero-order valence-electron chi connectivity index (χ0n) is 23.7. The van der Waals surface area contributed by atoms with E-state index in [2.05, 4.69) is 36.4 Å². The van der Waals surface area contributed by atoms with Crippen molar-refractivity contribution in [2.75, 3.05) is 13.7 Å². The van der Waals surface area contributed by atoms with Crippen molar-refractivity contribution in [3.8, 4) is 0 Å². The van der Waals surface area contributed by atoms with Crippen LogP contribution in [0.5, 0.6) is 0 Å². The molecule has 0 amide bonds. The van der Waals surface area contributed by atoms with Crippen LogP contribution in [0.3, 0.4) is 0 Å². The van der Waals surface area contributed by atoms with Crippen LogP contribution in [-0.4, -0.2) is 36.9 Å². The first kappa shape index (κ1) is 31.4. The van der Waals surface area contributed by atoms with Crippen molar-refractivity contribution < 1.29 is 24.2 Å². The molecule has 0 spiro atoms. The summed E-state index contributed by atoms with van der Waals surface area (Å²) in [5.74, 6) is -0.492. The predicted molar refractivity (Wildman–Crippen MR) is 162 cm³/mol. The molecule has 5 nitrogen and oxygen atoms in total. The predicted octanol–water partition coefficient (Wildman–Crippen LogP) is 7.50. The molecule has 3 aromatic carbocycles. The largest absolute Gasteiger partial charge is 0.467 e. The van der Waals surface area contributed by atoms with Gasteiger partial charge in [-0.1, -0.05) is 92.4 Å². The monoisotopic (exact) mass is 562 g/mol. The maximum absolute atomic E-state index is 12.4. The molecule has 0 unspecified atom stereocenters. The molecule has 0 saturated heterocycles. The summed E-state index contributed by atoms with van der Waals surface area (Å²) in [6, 6.07) is 26.0. The number of aliphatic hydroxyl groups excluding tert-OH is 1. The average molecular weight is 563 g/mol. The minimum Gasteiger partial charge on any atom is -0.467 e. The number of hydrogen-bond donors (Lipinski definition) is 1. The topological polar surface area (TPSA) is 72.8 Å². The number of hydrogen-bond acceptors (Lipinski definition) is 6. The molecule has 3 rings (SSSR count). The number of rotatable bonds is 17. The van der Waals surface area contributed by atoms with E-state index in [9.17, 15) is 14.7 Å². The van der Waals surface area contributed by atoms with Crippen LogP contribution in [0.2, 0.25) is 0 Å². The Bertz CT molecular complexity index is 1180. The van der Waals surface area contributed by atoms with Gasteiger partial charge in [0.25, 0.3) is 0 Å². The zero-order chi connectivity index (χ0) is 28.6. The number of benzene rings is 3. The minimum atomic E-state index is -1.30. The van der Waals surface area contributed by atoms with Crippen molar-refractivity contribution in [2.45, 2.75) is 75.4 Å². The van der Waals surface area contributed by atoms with Crippen LogP contribution in [0, 0.1) is 0 Å². The molecule has 0 heterocycles. The molecule has 0 aliphatic carbocycles. The van der Waals surface area contributed by atoms with E-state index in [4.69, 9.17) is 9.47 Å². The fourth-order valence-electron chi connectivity index (χ4n) is 4.82. The summed E-state index contributed by atoms with van der Waals surface area (Å²) >= 11 is 1.48. The van der Waals surface area contributed by atoms with E-state index < -0.39 is 17.3 Å².